The van der Waals surface area contributed by atoms with Gasteiger partial charge in [-0.3, -0.25) is 4.79 Å². The zero-order valence-corrected chi connectivity index (χ0v) is 18.7. The van der Waals surface area contributed by atoms with Crippen molar-refractivity contribution in [2.24, 2.45) is 0 Å². The Morgan fingerprint density at radius 2 is 1.88 bits per heavy atom. The van der Waals surface area contributed by atoms with E-state index >= 15 is 0 Å². The maximum atomic E-state index is 12.7. The molecule has 174 valence electrons. The van der Waals surface area contributed by atoms with Crippen LogP contribution in [0.3, 0.4) is 0 Å². The Morgan fingerprint density at radius 3 is 2.59 bits per heavy atom. The Bertz CT molecular complexity index is 1030. The zero-order valence-electron chi connectivity index (χ0n) is 17.8. The number of halogens is 2. The maximum Gasteiger partial charge on any atom is 0.387 e. The van der Waals surface area contributed by atoms with Crippen molar-refractivity contribution in [2.75, 3.05) is 32.0 Å². The molecule has 1 saturated heterocycles. The first-order valence-corrected chi connectivity index (χ1v) is 11.8. The van der Waals surface area contributed by atoms with Gasteiger partial charge in [0.25, 0.3) is 0 Å². The molecule has 1 heterocycles. The van der Waals surface area contributed by atoms with Crippen LogP contribution in [0.1, 0.15) is 24.8 Å². The number of hydrogen-bond donors (Lipinski definition) is 1. The van der Waals surface area contributed by atoms with Crippen LogP contribution >= 0.6 is 0 Å². The summed E-state index contributed by atoms with van der Waals surface area (Å²) in [5.41, 5.74) is 1.21. The molecule has 0 saturated carbocycles. The average molecular weight is 468 g/mol. The zero-order chi connectivity index (χ0) is 23.1. The van der Waals surface area contributed by atoms with E-state index in [0.717, 1.165) is 18.4 Å². The van der Waals surface area contributed by atoms with Gasteiger partial charge in [0.1, 0.15) is 5.75 Å². The van der Waals surface area contributed by atoms with Crippen LogP contribution in [-0.2, 0) is 21.4 Å². The van der Waals surface area contributed by atoms with Crippen molar-refractivity contribution in [2.45, 2.75) is 37.3 Å². The molecule has 0 aromatic heterocycles. The summed E-state index contributed by atoms with van der Waals surface area (Å²) < 4.78 is 56.0. The highest BCUT2D eigenvalue weighted by molar-refractivity contribution is 7.89. The molecule has 0 atom stereocenters. The number of rotatable bonds is 10. The quantitative estimate of drug-likeness (QED) is 0.578. The second-order valence-electron chi connectivity index (χ2n) is 7.70. The molecular formula is C22H27F2N3O4S. The second-order valence-corrected chi connectivity index (χ2v) is 9.64. The summed E-state index contributed by atoms with van der Waals surface area (Å²) in [6.45, 7) is -0.963. The molecule has 0 aliphatic carbocycles. The van der Waals surface area contributed by atoms with Gasteiger partial charge in [0.05, 0.1) is 4.90 Å². The molecule has 1 aliphatic rings. The first-order chi connectivity index (χ1) is 15.2. The van der Waals surface area contributed by atoms with Crippen LogP contribution in [0.2, 0.25) is 0 Å². The number of nitrogens with one attached hydrogen (secondary N) is 1. The second kappa shape index (κ2) is 10.8. The highest BCUT2D eigenvalue weighted by atomic mass is 32.2. The molecule has 7 nitrogen and oxygen atoms in total. The number of amides is 1. The van der Waals surface area contributed by atoms with E-state index in [-0.39, 0.29) is 23.0 Å². The summed E-state index contributed by atoms with van der Waals surface area (Å²) in [4.78, 5) is 14.4. The Morgan fingerprint density at radius 1 is 1.16 bits per heavy atom. The van der Waals surface area contributed by atoms with Crippen molar-refractivity contribution in [1.82, 2.24) is 9.21 Å². The van der Waals surface area contributed by atoms with Crippen LogP contribution in [-0.4, -0.2) is 56.8 Å². The van der Waals surface area contributed by atoms with Crippen molar-refractivity contribution in [3.05, 3.63) is 54.1 Å². The van der Waals surface area contributed by atoms with Crippen molar-refractivity contribution < 1.29 is 26.7 Å². The lowest BCUT2D eigenvalue weighted by Gasteiger charge is -2.18. The molecule has 1 fully saturated rings. The Kier molecular flexibility index (Phi) is 8.16. The van der Waals surface area contributed by atoms with Gasteiger partial charge in [-0.25, -0.2) is 8.42 Å². The molecule has 10 heteroatoms. The van der Waals surface area contributed by atoms with E-state index in [4.69, 9.17) is 0 Å². The van der Waals surface area contributed by atoms with E-state index in [1.807, 2.05) is 11.9 Å². The predicted molar refractivity (Wildman–Crippen MR) is 117 cm³/mol. The Balaban J connectivity index is 1.52. The molecular weight excluding hydrogens is 440 g/mol. The Hall–Kier alpha value is -2.56. The summed E-state index contributed by atoms with van der Waals surface area (Å²) in [7, 11) is -1.74. The normalized spacial score (nSPS) is 14.8. The average Bonchev–Trinajstić information content (AvgIpc) is 3.28. The highest BCUT2D eigenvalue weighted by Gasteiger charge is 2.27. The molecule has 0 bridgehead atoms. The number of ether oxygens (including phenoxy) is 1. The smallest absolute Gasteiger partial charge is 0.387 e. The minimum absolute atomic E-state index is 0.0902. The van der Waals surface area contributed by atoms with Crippen molar-refractivity contribution in [3.63, 3.8) is 0 Å². The standard InChI is InChI=1S/C22H27F2N3O4S/c1-26(16-17-6-4-8-19(14-17)31-22(23)24)13-10-21(28)25-18-7-5-9-20(15-18)32(29,30)27-11-2-3-12-27/h4-9,14-15,22H,2-3,10-13,16H2,1H3,(H,25,28). The van der Waals surface area contributed by atoms with E-state index in [2.05, 4.69) is 10.1 Å². The third-order valence-electron chi connectivity index (χ3n) is 5.12. The molecule has 2 aromatic rings. The number of carbonyl (C=O) groups excluding carboxylic acids is 1. The number of benzene rings is 2. The van der Waals surface area contributed by atoms with Crippen molar-refractivity contribution in [1.29, 1.82) is 0 Å². The third kappa shape index (κ3) is 6.72. The molecule has 2 aromatic carbocycles. The lowest BCUT2D eigenvalue weighted by molar-refractivity contribution is -0.116. The number of hydrogen-bond acceptors (Lipinski definition) is 5. The van der Waals surface area contributed by atoms with Gasteiger partial charge < -0.3 is 15.0 Å². The summed E-state index contributed by atoms with van der Waals surface area (Å²) in [5.74, 6) is -0.158. The fraction of sp³-hybridized carbons (Fsp3) is 0.409. The highest BCUT2D eigenvalue weighted by Crippen LogP contribution is 2.23. The van der Waals surface area contributed by atoms with Crippen LogP contribution in [0, 0.1) is 0 Å². The summed E-state index contributed by atoms with van der Waals surface area (Å²) in [5, 5.41) is 2.74. The van der Waals surface area contributed by atoms with Gasteiger partial charge in [-0.1, -0.05) is 18.2 Å². The lowest BCUT2D eigenvalue weighted by Crippen LogP contribution is -2.28. The summed E-state index contributed by atoms with van der Waals surface area (Å²) >= 11 is 0. The van der Waals surface area contributed by atoms with E-state index in [1.54, 1.807) is 24.3 Å². The van der Waals surface area contributed by atoms with E-state index in [9.17, 15) is 22.0 Å². The largest absolute Gasteiger partial charge is 0.435 e. The topological polar surface area (TPSA) is 79.0 Å². The fourth-order valence-electron chi connectivity index (χ4n) is 3.54. The van der Waals surface area contributed by atoms with Crippen LogP contribution in [0.15, 0.2) is 53.4 Å². The van der Waals surface area contributed by atoms with Gasteiger partial charge in [-0.15, -0.1) is 0 Å². The molecule has 3 rings (SSSR count). The molecule has 1 N–H and O–H groups in total. The first kappa shape index (κ1) is 24.1. The van der Waals surface area contributed by atoms with Crippen LogP contribution in [0.25, 0.3) is 0 Å². The minimum atomic E-state index is -3.55. The fourth-order valence-corrected chi connectivity index (χ4v) is 5.10. The predicted octanol–water partition coefficient (Wildman–Crippen LogP) is 3.53. The van der Waals surface area contributed by atoms with Crippen molar-refractivity contribution in [3.8, 4) is 5.75 Å². The molecule has 0 unspecified atom stereocenters. The third-order valence-corrected chi connectivity index (χ3v) is 7.01. The maximum absolute atomic E-state index is 12.7. The molecule has 1 amide bonds. The Labute approximate surface area is 187 Å². The van der Waals surface area contributed by atoms with E-state index in [1.165, 1.54) is 28.6 Å². The van der Waals surface area contributed by atoms with Gasteiger partial charge in [-0.2, -0.15) is 13.1 Å². The molecule has 1 aliphatic heterocycles. The van der Waals surface area contributed by atoms with Crippen LogP contribution in [0.5, 0.6) is 5.75 Å². The lowest BCUT2D eigenvalue weighted by atomic mass is 10.2. The van der Waals surface area contributed by atoms with E-state index < -0.39 is 16.6 Å². The molecule has 0 radical (unpaired) electrons. The van der Waals surface area contributed by atoms with Gasteiger partial charge in [-0.05, 0) is 55.8 Å². The number of sulfonamides is 1. The van der Waals surface area contributed by atoms with Crippen LogP contribution < -0.4 is 10.1 Å². The van der Waals surface area contributed by atoms with E-state index in [0.29, 0.717) is 31.9 Å². The number of anilines is 1. The SMILES string of the molecule is CN(CCC(=O)Nc1cccc(S(=O)(=O)N2CCCC2)c1)Cc1cccc(OC(F)F)c1. The molecule has 0 spiro atoms. The first-order valence-electron chi connectivity index (χ1n) is 10.4. The number of carbonyl (C=O) groups is 1. The van der Waals surface area contributed by atoms with Crippen molar-refractivity contribution >= 4 is 21.6 Å². The number of alkyl halides is 2. The van der Waals surface area contributed by atoms with Gasteiger partial charge in [0.15, 0.2) is 0 Å². The van der Waals surface area contributed by atoms with Gasteiger partial charge >= 0.3 is 6.61 Å². The minimum Gasteiger partial charge on any atom is -0.435 e. The van der Waals surface area contributed by atoms with Gasteiger partial charge in [0, 0.05) is 38.3 Å². The summed E-state index contributed by atoms with van der Waals surface area (Å²) in [6.07, 6.45) is 1.90. The van der Waals surface area contributed by atoms with Gasteiger partial charge in [0.2, 0.25) is 15.9 Å². The van der Waals surface area contributed by atoms with Crippen LogP contribution in [0.4, 0.5) is 14.5 Å². The number of nitrogens with zero attached hydrogens (tertiary/aromatic N) is 2. The monoisotopic (exact) mass is 467 g/mol. The summed E-state index contributed by atoms with van der Waals surface area (Å²) in [6, 6.07) is 12.7. The molecule has 32 heavy (non-hydrogen) atoms.